The first-order valence-corrected chi connectivity index (χ1v) is 5.64. The highest BCUT2D eigenvalue weighted by Gasteiger charge is 2.07. The van der Waals surface area contributed by atoms with Crippen LogP contribution in [0.15, 0.2) is 18.3 Å². The van der Waals surface area contributed by atoms with Crippen LogP contribution in [0.1, 0.15) is 13.3 Å². The van der Waals surface area contributed by atoms with Crippen LogP contribution in [0.5, 0.6) is 0 Å². The molecule has 0 spiro atoms. The summed E-state index contributed by atoms with van der Waals surface area (Å²) in [4.78, 5) is 18.8. The molecule has 0 unspecified atom stereocenters. The average molecular weight is 237 g/mol. The quantitative estimate of drug-likeness (QED) is 0.811. The third-order valence-corrected chi connectivity index (χ3v) is 2.53. The van der Waals surface area contributed by atoms with Crippen molar-refractivity contribution in [3.8, 4) is 0 Å². The molecule has 1 rings (SSSR count). The highest BCUT2D eigenvalue weighted by Crippen LogP contribution is 2.16. The number of nitrogens with zero attached hydrogens (tertiary/aromatic N) is 3. The number of carboxylic acid groups (broad SMARTS) is 1. The number of aromatic nitrogens is 1. The van der Waals surface area contributed by atoms with Crippen LogP contribution in [0, 0.1) is 0 Å². The van der Waals surface area contributed by atoms with Crippen LogP contribution in [0.2, 0.25) is 0 Å². The third-order valence-electron chi connectivity index (χ3n) is 2.53. The molecule has 94 valence electrons. The Morgan fingerprint density at radius 1 is 1.41 bits per heavy atom. The maximum atomic E-state index is 10.5. The maximum absolute atomic E-state index is 10.5. The molecule has 0 saturated heterocycles. The number of hydrogen-bond donors (Lipinski definition) is 1. The molecule has 1 N–H and O–H groups in total. The Kier molecular flexibility index (Phi) is 4.75. The van der Waals surface area contributed by atoms with Gasteiger partial charge in [0.05, 0.1) is 18.3 Å². The second-order valence-corrected chi connectivity index (χ2v) is 3.99. The van der Waals surface area contributed by atoms with E-state index in [1.807, 2.05) is 43.0 Å². The molecule has 0 aliphatic heterocycles. The lowest BCUT2D eigenvalue weighted by Crippen LogP contribution is -2.26. The van der Waals surface area contributed by atoms with Crippen molar-refractivity contribution in [2.45, 2.75) is 13.3 Å². The summed E-state index contributed by atoms with van der Waals surface area (Å²) >= 11 is 0. The highest BCUT2D eigenvalue weighted by atomic mass is 16.4. The Bertz CT molecular complexity index is 363. The topological polar surface area (TPSA) is 56.7 Å². The Morgan fingerprint density at radius 3 is 2.53 bits per heavy atom. The Hall–Kier alpha value is -1.78. The summed E-state index contributed by atoms with van der Waals surface area (Å²) in [7, 11) is 3.87. The van der Waals surface area contributed by atoms with Gasteiger partial charge < -0.3 is 14.9 Å². The first-order chi connectivity index (χ1) is 8.04. The van der Waals surface area contributed by atoms with Crippen molar-refractivity contribution in [2.24, 2.45) is 0 Å². The van der Waals surface area contributed by atoms with E-state index in [4.69, 9.17) is 5.11 Å². The lowest BCUT2D eigenvalue weighted by atomic mass is 10.3. The zero-order chi connectivity index (χ0) is 12.8. The van der Waals surface area contributed by atoms with Gasteiger partial charge in [0, 0.05) is 27.2 Å². The van der Waals surface area contributed by atoms with E-state index < -0.39 is 5.97 Å². The number of carboxylic acids is 1. The van der Waals surface area contributed by atoms with Gasteiger partial charge in [0.15, 0.2) is 0 Å². The van der Waals surface area contributed by atoms with Gasteiger partial charge >= 0.3 is 5.97 Å². The first kappa shape index (κ1) is 13.3. The summed E-state index contributed by atoms with van der Waals surface area (Å²) < 4.78 is 0. The fourth-order valence-corrected chi connectivity index (χ4v) is 1.53. The minimum absolute atomic E-state index is 0.142. The minimum Gasteiger partial charge on any atom is -0.481 e. The van der Waals surface area contributed by atoms with E-state index in [0.29, 0.717) is 6.54 Å². The first-order valence-electron chi connectivity index (χ1n) is 5.64. The summed E-state index contributed by atoms with van der Waals surface area (Å²) in [5.74, 6) is 0.115. The van der Waals surface area contributed by atoms with Gasteiger partial charge in [-0.25, -0.2) is 4.98 Å². The van der Waals surface area contributed by atoms with Crippen LogP contribution < -0.4 is 9.80 Å². The van der Waals surface area contributed by atoms with Crippen molar-refractivity contribution < 1.29 is 9.90 Å². The van der Waals surface area contributed by atoms with E-state index in [9.17, 15) is 4.79 Å². The Morgan fingerprint density at radius 2 is 2.12 bits per heavy atom. The predicted molar refractivity (Wildman–Crippen MR) is 68.7 cm³/mol. The Labute approximate surface area is 102 Å². The van der Waals surface area contributed by atoms with Gasteiger partial charge in [0.25, 0.3) is 0 Å². The summed E-state index contributed by atoms with van der Waals surface area (Å²) in [5.41, 5.74) is 0.958. The van der Waals surface area contributed by atoms with Gasteiger partial charge in [0.1, 0.15) is 5.82 Å². The number of pyridine rings is 1. The minimum atomic E-state index is -0.777. The van der Waals surface area contributed by atoms with Crippen molar-refractivity contribution in [3.63, 3.8) is 0 Å². The van der Waals surface area contributed by atoms with Gasteiger partial charge in [-0.1, -0.05) is 0 Å². The highest BCUT2D eigenvalue weighted by molar-refractivity contribution is 5.67. The molecular formula is C12H19N3O2. The normalized spacial score (nSPS) is 10.1. The fourth-order valence-electron chi connectivity index (χ4n) is 1.53. The average Bonchev–Trinajstić information content (AvgIpc) is 2.30. The van der Waals surface area contributed by atoms with Crippen molar-refractivity contribution in [1.82, 2.24) is 4.98 Å². The fraction of sp³-hybridized carbons (Fsp3) is 0.500. The molecule has 1 aromatic rings. The molecule has 1 heterocycles. The molecule has 5 heteroatoms. The van der Waals surface area contributed by atoms with Crippen molar-refractivity contribution in [3.05, 3.63) is 18.3 Å². The van der Waals surface area contributed by atoms with Crippen LogP contribution in [-0.2, 0) is 4.79 Å². The van der Waals surface area contributed by atoms with E-state index >= 15 is 0 Å². The molecular weight excluding hydrogens is 218 g/mol. The monoisotopic (exact) mass is 237 g/mol. The molecule has 0 saturated carbocycles. The molecule has 17 heavy (non-hydrogen) atoms. The molecule has 0 fully saturated rings. The maximum Gasteiger partial charge on any atom is 0.305 e. The SMILES string of the molecule is CCN(CCC(=O)O)c1ccc(N(C)C)nc1. The predicted octanol–water partition coefficient (Wildman–Crippen LogP) is 1.45. The van der Waals surface area contributed by atoms with Crippen LogP contribution in [0.25, 0.3) is 0 Å². The van der Waals surface area contributed by atoms with Crippen molar-refractivity contribution in [2.75, 3.05) is 37.0 Å². The van der Waals surface area contributed by atoms with Crippen LogP contribution >= 0.6 is 0 Å². The molecule has 5 nitrogen and oxygen atoms in total. The van der Waals surface area contributed by atoms with Gasteiger partial charge in [-0.2, -0.15) is 0 Å². The molecule has 0 atom stereocenters. The largest absolute Gasteiger partial charge is 0.481 e. The molecule has 0 bridgehead atoms. The molecule has 0 aliphatic rings. The second-order valence-electron chi connectivity index (χ2n) is 3.99. The lowest BCUT2D eigenvalue weighted by Gasteiger charge is -2.22. The van der Waals surface area contributed by atoms with Gasteiger partial charge in [-0.05, 0) is 19.1 Å². The molecule has 0 radical (unpaired) electrons. The van der Waals surface area contributed by atoms with Gasteiger partial charge in [-0.3, -0.25) is 4.79 Å². The van der Waals surface area contributed by atoms with E-state index in [-0.39, 0.29) is 6.42 Å². The van der Waals surface area contributed by atoms with Gasteiger partial charge in [0.2, 0.25) is 0 Å². The summed E-state index contributed by atoms with van der Waals surface area (Å²) in [6.45, 7) is 3.28. The number of aliphatic carboxylic acids is 1. The van der Waals surface area contributed by atoms with E-state index in [2.05, 4.69) is 4.98 Å². The van der Waals surface area contributed by atoms with E-state index in [1.54, 1.807) is 6.20 Å². The number of rotatable bonds is 6. The smallest absolute Gasteiger partial charge is 0.305 e. The number of carbonyl (C=O) groups is 1. The molecule has 1 aromatic heterocycles. The summed E-state index contributed by atoms with van der Waals surface area (Å²) in [6, 6.07) is 3.90. The van der Waals surface area contributed by atoms with Crippen LogP contribution in [-0.4, -0.2) is 43.2 Å². The van der Waals surface area contributed by atoms with Crippen molar-refractivity contribution >= 4 is 17.5 Å². The van der Waals surface area contributed by atoms with Gasteiger partial charge in [-0.15, -0.1) is 0 Å². The van der Waals surface area contributed by atoms with E-state index in [0.717, 1.165) is 18.1 Å². The third kappa shape index (κ3) is 3.94. The summed E-state index contributed by atoms with van der Waals surface area (Å²) in [5, 5.41) is 8.67. The Balaban J connectivity index is 2.71. The number of hydrogen-bond acceptors (Lipinski definition) is 4. The molecule has 0 aliphatic carbocycles. The van der Waals surface area contributed by atoms with Crippen LogP contribution in [0.4, 0.5) is 11.5 Å². The zero-order valence-electron chi connectivity index (χ0n) is 10.6. The van der Waals surface area contributed by atoms with E-state index in [1.165, 1.54) is 0 Å². The zero-order valence-corrected chi connectivity index (χ0v) is 10.6. The second kappa shape index (κ2) is 6.08. The summed E-state index contributed by atoms with van der Waals surface area (Å²) in [6.07, 6.45) is 1.92. The standard InChI is InChI=1S/C12H19N3O2/c1-4-15(8-7-12(16)17)10-5-6-11(13-9-10)14(2)3/h5-6,9H,4,7-8H2,1-3H3,(H,16,17). The molecule has 0 aromatic carbocycles. The molecule has 0 amide bonds. The van der Waals surface area contributed by atoms with Crippen LogP contribution in [0.3, 0.4) is 0 Å². The van der Waals surface area contributed by atoms with Crippen molar-refractivity contribution in [1.29, 1.82) is 0 Å². The number of anilines is 2. The lowest BCUT2D eigenvalue weighted by molar-refractivity contribution is -0.136.